The van der Waals surface area contributed by atoms with Gasteiger partial charge in [0, 0.05) is 19.5 Å². The topological polar surface area (TPSA) is 113 Å². The predicted molar refractivity (Wildman–Crippen MR) is 97.2 cm³/mol. The zero-order valence-corrected chi connectivity index (χ0v) is 15.9. The van der Waals surface area contributed by atoms with Crippen molar-refractivity contribution in [2.75, 3.05) is 20.2 Å². The lowest BCUT2D eigenvalue weighted by Gasteiger charge is -2.41. The highest BCUT2D eigenvalue weighted by atomic mass is 16.6. The molecule has 0 aliphatic carbocycles. The molecule has 2 rings (SSSR count). The fourth-order valence-electron chi connectivity index (χ4n) is 3.05. The number of hydrogen-bond donors (Lipinski definition) is 1. The number of hydrogen-bond acceptors (Lipinski definition) is 6. The first-order valence-electron chi connectivity index (χ1n) is 8.92. The summed E-state index contributed by atoms with van der Waals surface area (Å²) in [6, 6.07) is 7.32. The Kier molecular flexibility index (Phi) is 7.36. The van der Waals surface area contributed by atoms with Crippen LogP contribution in [0.25, 0.3) is 0 Å². The molecule has 1 saturated heterocycles. The standard InChI is InChI=1S/C19H24N2O7/c1-13-17(24)21(15(18(25)27-2)8-9-16(22)23)11-10-20(13)19(26)28-12-14-6-4-3-5-7-14/h3-7,13,15H,8-12H2,1-2H3,(H,22,23)/t13-,15?/m0/s1. The number of piperazine rings is 1. The van der Waals surface area contributed by atoms with Gasteiger partial charge in [0.2, 0.25) is 5.91 Å². The molecule has 2 atom stereocenters. The fraction of sp³-hybridized carbons (Fsp3) is 0.474. The van der Waals surface area contributed by atoms with Crippen LogP contribution in [0.15, 0.2) is 30.3 Å². The zero-order chi connectivity index (χ0) is 20.7. The predicted octanol–water partition coefficient (Wildman–Crippen LogP) is 1.26. The van der Waals surface area contributed by atoms with E-state index < -0.39 is 36.0 Å². The summed E-state index contributed by atoms with van der Waals surface area (Å²) < 4.78 is 9.99. The maximum atomic E-state index is 12.7. The quantitative estimate of drug-likeness (QED) is 0.695. The number of aliphatic carboxylic acids is 1. The lowest BCUT2D eigenvalue weighted by atomic mass is 10.1. The Hall–Kier alpha value is -3.10. The van der Waals surface area contributed by atoms with Crippen molar-refractivity contribution in [3.8, 4) is 0 Å². The number of carbonyl (C=O) groups excluding carboxylic acids is 3. The third kappa shape index (κ3) is 5.21. The minimum absolute atomic E-state index is 0.0566. The van der Waals surface area contributed by atoms with Crippen LogP contribution in [0.2, 0.25) is 0 Å². The van der Waals surface area contributed by atoms with Gasteiger partial charge in [-0.15, -0.1) is 0 Å². The van der Waals surface area contributed by atoms with Crippen molar-refractivity contribution in [3.63, 3.8) is 0 Å². The molecule has 0 aromatic heterocycles. The molecule has 1 heterocycles. The van der Waals surface area contributed by atoms with Crippen molar-refractivity contribution in [1.82, 2.24) is 9.80 Å². The summed E-state index contributed by atoms with van der Waals surface area (Å²) in [5.74, 6) is -2.21. The molecule has 0 radical (unpaired) electrons. The maximum absolute atomic E-state index is 12.7. The average Bonchev–Trinajstić information content (AvgIpc) is 2.69. The lowest BCUT2D eigenvalue weighted by Crippen LogP contribution is -2.61. The van der Waals surface area contributed by atoms with Gasteiger partial charge in [0.05, 0.1) is 7.11 Å². The largest absolute Gasteiger partial charge is 0.481 e. The smallest absolute Gasteiger partial charge is 0.410 e. The van der Waals surface area contributed by atoms with Crippen LogP contribution in [0, 0.1) is 0 Å². The lowest BCUT2D eigenvalue weighted by molar-refractivity contribution is -0.158. The highest BCUT2D eigenvalue weighted by Gasteiger charge is 2.40. The van der Waals surface area contributed by atoms with E-state index in [1.165, 1.54) is 16.9 Å². The van der Waals surface area contributed by atoms with Crippen LogP contribution in [-0.4, -0.2) is 71.1 Å². The van der Waals surface area contributed by atoms with E-state index in [1.54, 1.807) is 6.92 Å². The summed E-state index contributed by atoms with van der Waals surface area (Å²) in [5, 5.41) is 8.88. The van der Waals surface area contributed by atoms with Crippen molar-refractivity contribution >= 4 is 23.9 Å². The second-order valence-electron chi connectivity index (χ2n) is 6.41. The molecule has 9 nitrogen and oxygen atoms in total. The van der Waals surface area contributed by atoms with Crippen molar-refractivity contribution in [3.05, 3.63) is 35.9 Å². The van der Waals surface area contributed by atoms with Crippen LogP contribution in [0.4, 0.5) is 4.79 Å². The molecule has 1 aromatic rings. The number of benzene rings is 1. The van der Waals surface area contributed by atoms with Gasteiger partial charge in [0.25, 0.3) is 0 Å². The number of carboxylic acids is 1. The Morgan fingerprint density at radius 1 is 1.21 bits per heavy atom. The second kappa shape index (κ2) is 9.72. The SMILES string of the molecule is COC(=O)C(CCC(=O)O)N1CCN(C(=O)OCc2ccccc2)[C@@H](C)C1=O. The number of amides is 2. The molecule has 0 saturated carbocycles. The fourth-order valence-corrected chi connectivity index (χ4v) is 3.05. The van der Waals surface area contributed by atoms with Crippen LogP contribution in [-0.2, 0) is 30.5 Å². The van der Waals surface area contributed by atoms with Crippen LogP contribution >= 0.6 is 0 Å². The van der Waals surface area contributed by atoms with Crippen LogP contribution in [0.3, 0.4) is 0 Å². The average molecular weight is 392 g/mol. The highest BCUT2D eigenvalue weighted by Crippen LogP contribution is 2.19. The Morgan fingerprint density at radius 3 is 2.50 bits per heavy atom. The number of carbonyl (C=O) groups is 4. The third-order valence-corrected chi connectivity index (χ3v) is 4.61. The molecule has 1 unspecified atom stereocenters. The molecule has 1 fully saturated rings. The van der Waals surface area contributed by atoms with Crippen molar-refractivity contribution in [1.29, 1.82) is 0 Å². The van der Waals surface area contributed by atoms with Gasteiger partial charge in [-0.05, 0) is 18.9 Å². The van der Waals surface area contributed by atoms with Gasteiger partial charge >= 0.3 is 18.0 Å². The molecular formula is C19H24N2O7. The third-order valence-electron chi connectivity index (χ3n) is 4.61. The van der Waals surface area contributed by atoms with E-state index in [4.69, 9.17) is 14.6 Å². The second-order valence-corrected chi connectivity index (χ2v) is 6.41. The van der Waals surface area contributed by atoms with E-state index in [2.05, 4.69) is 0 Å². The minimum Gasteiger partial charge on any atom is -0.481 e. The van der Waals surface area contributed by atoms with E-state index in [0.29, 0.717) is 0 Å². The van der Waals surface area contributed by atoms with Gasteiger partial charge < -0.3 is 19.5 Å². The van der Waals surface area contributed by atoms with Gasteiger partial charge in [0.15, 0.2) is 0 Å². The Bertz CT molecular complexity index is 722. The van der Waals surface area contributed by atoms with Crippen molar-refractivity contribution < 1.29 is 33.8 Å². The summed E-state index contributed by atoms with van der Waals surface area (Å²) >= 11 is 0. The number of rotatable bonds is 7. The number of ether oxygens (including phenoxy) is 2. The molecule has 0 spiro atoms. The number of carboxylic acid groups (broad SMARTS) is 1. The van der Waals surface area contributed by atoms with Gasteiger partial charge in [0.1, 0.15) is 18.7 Å². The van der Waals surface area contributed by atoms with Crippen LogP contribution < -0.4 is 0 Å². The maximum Gasteiger partial charge on any atom is 0.410 e. The molecule has 28 heavy (non-hydrogen) atoms. The number of esters is 1. The van der Waals surface area contributed by atoms with Gasteiger partial charge in [-0.3, -0.25) is 14.5 Å². The Labute approximate surface area is 162 Å². The molecule has 0 bridgehead atoms. The van der Waals surface area contributed by atoms with Crippen LogP contribution in [0.5, 0.6) is 0 Å². The molecule has 9 heteroatoms. The van der Waals surface area contributed by atoms with E-state index in [0.717, 1.165) is 5.56 Å². The summed E-state index contributed by atoms with van der Waals surface area (Å²) in [5.41, 5.74) is 0.827. The van der Waals surface area contributed by atoms with Gasteiger partial charge in [-0.25, -0.2) is 9.59 Å². The first-order valence-corrected chi connectivity index (χ1v) is 8.92. The van der Waals surface area contributed by atoms with Gasteiger partial charge in [-0.1, -0.05) is 30.3 Å². The summed E-state index contributed by atoms with van der Waals surface area (Å²) in [6.07, 6.45) is -0.954. The first-order chi connectivity index (χ1) is 13.3. The van der Waals surface area contributed by atoms with Crippen molar-refractivity contribution in [2.45, 2.75) is 38.5 Å². The summed E-state index contributed by atoms with van der Waals surface area (Å²) in [7, 11) is 1.18. The first kappa shape index (κ1) is 21.2. The molecule has 1 aliphatic rings. The number of nitrogens with zero attached hydrogens (tertiary/aromatic N) is 2. The van der Waals surface area contributed by atoms with E-state index >= 15 is 0 Å². The molecule has 1 aromatic carbocycles. The van der Waals surface area contributed by atoms with Gasteiger partial charge in [-0.2, -0.15) is 0 Å². The molecule has 2 amide bonds. The molecular weight excluding hydrogens is 368 g/mol. The highest BCUT2D eigenvalue weighted by molar-refractivity contribution is 5.90. The van der Waals surface area contributed by atoms with E-state index in [9.17, 15) is 19.2 Å². The Morgan fingerprint density at radius 2 is 1.89 bits per heavy atom. The van der Waals surface area contributed by atoms with Crippen LogP contribution in [0.1, 0.15) is 25.3 Å². The minimum atomic E-state index is -1.07. The number of methoxy groups -OCH3 is 1. The zero-order valence-electron chi connectivity index (χ0n) is 15.9. The van der Waals surface area contributed by atoms with Crippen molar-refractivity contribution in [2.24, 2.45) is 0 Å². The summed E-state index contributed by atoms with van der Waals surface area (Å²) in [4.78, 5) is 50.6. The molecule has 1 N–H and O–H groups in total. The Balaban J connectivity index is 2.01. The summed E-state index contributed by atoms with van der Waals surface area (Å²) in [6.45, 7) is 1.89. The van der Waals surface area contributed by atoms with E-state index in [-0.39, 0.29) is 32.5 Å². The monoisotopic (exact) mass is 392 g/mol. The molecule has 152 valence electrons. The van der Waals surface area contributed by atoms with E-state index in [1.807, 2.05) is 30.3 Å². The molecule has 1 aliphatic heterocycles. The normalized spacial score (nSPS) is 17.8.